The summed E-state index contributed by atoms with van der Waals surface area (Å²) in [5.41, 5.74) is 3.37. The normalized spacial score (nSPS) is 16.4. The minimum absolute atomic E-state index is 0. The summed E-state index contributed by atoms with van der Waals surface area (Å²) in [6.07, 6.45) is -0.504. The SMILES string of the molecule is Cc1c([C@H](C)O)ccc2c1COC2=O.[HH]. The molecule has 1 aromatic rings. The molecule has 1 N–H and O–H groups in total. The predicted octanol–water partition coefficient (Wildman–Crippen LogP) is 1.96. The topological polar surface area (TPSA) is 46.5 Å². The molecule has 1 aliphatic heterocycles. The lowest BCUT2D eigenvalue weighted by atomic mass is 9.96. The van der Waals surface area contributed by atoms with Gasteiger partial charge in [0, 0.05) is 6.99 Å². The Morgan fingerprint density at radius 1 is 1.57 bits per heavy atom. The van der Waals surface area contributed by atoms with Gasteiger partial charge in [0.15, 0.2) is 0 Å². The van der Waals surface area contributed by atoms with Crippen molar-refractivity contribution in [3.05, 3.63) is 34.4 Å². The zero-order valence-corrected chi connectivity index (χ0v) is 8.20. The van der Waals surface area contributed by atoms with Crippen LogP contribution in [-0.2, 0) is 11.3 Å². The highest BCUT2D eigenvalue weighted by Gasteiger charge is 2.24. The van der Waals surface area contributed by atoms with Crippen LogP contribution in [0.4, 0.5) is 0 Å². The Balaban J connectivity index is 0.00000112. The van der Waals surface area contributed by atoms with E-state index in [2.05, 4.69) is 0 Å². The second-order valence-electron chi connectivity index (χ2n) is 3.56. The number of fused-ring (bicyclic) bond motifs is 1. The molecule has 0 radical (unpaired) electrons. The second kappa shape index (κ2) is 3.10. The molecule has 1 heterocycles. The number of benzene rings is 1. The van der Waals surface area contributed by atoms with E-state index in [1.807, 2.05) is 6.92 Å². The van der Waals surface area contributed by atoms with Crippen LogP contribution in [0.25, 0.3) is 0 Å². The van der Waals surface area contributed by atoms with E-state index in [9.17, 15) is 9.90 Å². The summed E-state index contributed by atoms with van der Waals surface area (Å²) in [5.74, 6) is -0.264. The monoisotopic (exact) mass is 194 g/mol. The lowest BCUT2D eigenvalue weighted by Gasteiger charge is -2.10. The fourth-order valence-electron chi connectivity index (χ4n) is 1.82. The van der Waals surface area contributed by atoms with Crippen molar-refractivity contribution in [1.82, 2.24) is 0 Å². The van der Waals surface area contributed by atoms with Crippen molar-refractivity contribution in [2.75, 3.05) is 0 Å². The van der Waals surface area contributed by atoms with Crippen LogP contribution < -0.4 is 0 Å². The number of esters is 1. The van der Waals surface area contributed by atoms with E-state index in [4.69, 9.17) is 4.74 Å². The molecule has 1 aliphatic rings. The number of carbonyl (C=O) groups is 1. The smallest absolute Gasteiger partial charge is 0.338 e. The molecule has 3 heteroatoms. The number of hydrogen-bond acceptors (Lipinski definition) is 3. The third-order valence-corrected chi connectivity index (χ3v) is 2.66. The van der Waals surface area contributed by atoms with E-state index in [0.29, 0.717) is 12.2 Å². The maximum Gasteiger partial charge on any atom is 0.338 e. The molecule has 0 aromatic heterocycles. The van der Waals surface area contributed by atoms with Gasteiger partial charge in [0.05, 0.1) is 11.7 Å². The van der Waals surface area contributed by atoms with E-state index in [0.717, 1.165) is 16.7 Å². The first-order valence-corrected chi connectivity index (χ1v) is 4.59. The van der Waals surface area contributed by atoms with E-state index in [-0.39, 0.29) is 7.40 Å². The number of aliphatic hydroxyl groups is 1. The number of ether oxygens (including phenoxy) is 1. The molecule has 0 spiro atoms. The summed E-state index contributed by atoms with van der Waals surface area (Å²) in [4.78, 5) is 11.2. The van der Waals surface area contributed by atoms with E-state index in [1.165, 1.54) is 0 Å². The van der Waals surface area contributed by atoms with Gasteiger partial charge in [-0.25, -0.2) is 4.79 Å². The molecule has 76 valence electrons. The highest BCUT2D eigenvalue weighted by Crippen LogP contribution is 2.28. The summed E-state index contributed by atoms with van der Waals surface area (Å²) >= 11 is 0. The minimum atomic E-state index is -0.504. The largest absolute Gasteiger partial charge is 0.457 e. The molecular formula is C11H14O3. The molecule has 0 amide bonds. The molecule has 0 saturated carbocycles. The van der Waals surface area contributed by atoms with E-state index < -0.39 is 6.10 Å². The van der Waals surface area contributed by atoms with E-state index in [1.54, 1.807) is 19.1 Å². The molecule has 0 saturated heterocycles. The average Bonchev–Trinajstić information content (AvgIpc) is 2.49. The molecule has 3 nitrogen and oxygen atoms in total. The zero-order chi connectivity index (χ0) is 10.3. The maximum atomic E-state index is 11.2. The fraction of sp³-hybridized carbons (Fsp3) is 0.364. The van der Waals surface area contributed by atoms with Gasteiger partial charge in [0.25, 0.3) is 0 Å². The Kier molecular flexibility index (Phi) is 2.04. The second-order valence-corrected chi connectivity index (χ2v) is 3.56. The van der Waals surface area contributed by atoms with Crippen molar-refractivity contribution in [2.45, 2.75) is 26.6 Å². The minimum Gasteiger partial charge on any atom is -0.457 e. The van der Waals surface area contributed by atoms with Gasteiger partial charge >= 0.3 is 5.97 Å². The van der Waals surface area contributed by atoms with Crippen LogP contribution >= 0.6 is 0 Å². The van der Waals surface area contributed by atoms with Gasteiger partial charge in [-0.3, -0.25) is 0 Å². The number of hydrogen-bond donors (Lipinski definition) is 1. The van der Waals surface area contributed by atoms with Gasteiger partial charge in [0.2, 0.25) is 0 Å². The van der Waals surface area contributed by atoms with Crippen LogP contribution in [0.3, 0.4) is 0 Å². The van der Waals surface area contributed by atoms with Gasteiger partial charge in [0.1, 0.15) is 6.61 Å². The number of aliphatic hydroxyl groups excluding tert-OH is 1. The van der Waals surface area contributed by atoms with Gasteiger partial charge in [-0.2, -0.15) is 0 Å². The molecular weight excluding hydrogens is 180 g/mol. The predicted molar refractivity (Wildman–Crippen MR) is 53.0 cm³/mol. The third-order valence-electron chi connectivity index (χ3n) is 2.66. The van der Waals surface area contributed by atoms with Crippen LogP contribution in [0.15, 0.2) is 12.1 Å². The van der Waals surface area contributed by atoms with Crippen molar-refractivity contribution < 1.29 is 16.1 Å². The van der Waals surface area contributed by atoms with Gasteiger partial charge in [-0.05, 0) is 31.0 Å². The summed E-state index contributed by atoms with van der Waals surface area (Å²) in [5, 5.41) is 9.48. The molecule has 1 atom stereocenters. The summed E-state index contributed by atoms with van der Waals surface area (Å²) in [6.45, 7) is 3.95. The van der Waals surface area contributed by atoms with Gasteiger partial charge in [-0.1, -0.05) is 6.07 Å². The van der Waals surface area contributed by atoms with Crippen molar-refractivity contribution in [3.8, 4) is 0 Å². The summed E-state index contributed by atoms with van der Waals surface area (Å²) < 4.78 is 4.92. The van der Waals surface area contributed by atoms with Crippen LogP contribution in [0.2, 0.25) is 0 Å². The van der Waals surface area contributed by atoms with Crippen molar-refractivity contribution in [2.24, 2.45) is 0 Å². The number of cyclic esters (lactones) is 1. The zero-order valence-electron chi connectivity index (χ0n) is 8.20. The molecule has 0 aliphatic carbocycles. The van der Waals surface area contributed by atoms with Crippen molar-refractivity contribution in [1.29, 1.82) is 0 Å². The molecule has 0 unspecified atom stereocenters. The van der Waals surface area contributed by atoms with Crippen molar-refractivity contribution >= 4 is 5.97 Å². The van der Waals surface area contributed by atoms with Crippen LogP contribution in [0.1, 0.15) is 41.5 Å². The van der Waals surface area contributed by atoms with Crippen LogP contribution in [-0.4, -0.2) is 11.1 Å². The Labute approximate surface area is 83.8 Å². The number of rotatable bonds is 1. The van der Waals surface area contributed by atoms with Crippen LogP contribution in [0, 0.1) is 6.92 Å². The lowest BCUT2D eigenvalue weighted by molar-refractivity contribution is 0.0535. The van der Waals surface area contributed by atoms with E-state index >= 15 is 0 Å². The lowest BCUT2D eigenvalue weighted by Crippen LogP contribution is -2.00. The van der Waals surface area contributed by atoms with Gasteiger partial charge < -0.3 is 9.84 Å². The molecule has 14 heavy (non-hydrogen) atoms. The first-order chi connectivity index (χ1) is 6.61. The Bertz CT molecular complexity index is 399. The molecule has 0 bridgehead atoms. The molecule has 0 fully saturated rings. The fourth-order valence-corrected chi connectivity index (χ4v) is 1.82. The first-order valence-electron chi connectivity index (χ1n) is 4.59. The Hall–Kier alpha value is -1.35. The average molecular weight is 194 g/mol. The molecule has 2 rings (SSSR count). The maximum absolute atomic E-state index is 11.2. The Morgan fingerprint density at radius 3 is 2.93 bits per heavy atom. The highest BCUT2D eigenvalue weighted by molar-refractivity contribution is 5.93. The third kappa shape index (κ3) is 1.21. The van der Waals surface area contributed by atoms with Gasteiger partial charge in [-0.15, -0.1) is 0 Å². The number of carbonyl (C=O) groups excluding carboxylic acids is 1. The quantitative estimate of drug-likeness (QED) is 0.695. The molecule has 1 aromatic carbocycles. The first kappa shape index (κ1) is 9.21. The Morgan fingerprint density at radius 2 is 2.29 bits per heavy atom. The highest BCUT2D eigenvalue weighted by atomic mass is 16.5. The van der Waals surface area contributed by atoms with Crippen LogP contribution in [0.5, 0.6) is 0 Å². The standard InChI is InChI=1S/C11H12O3.H2/c1-6-8(7(2)12)3-4-9-10(6)5-14-11(9)13;/h3-4,7,12H,5H2,1-2H3;1H/t7-;/m0./s1. The summed E-state index contributed by atoms with van der Waals surface area (Å²) in [6, 6.07) is 3.51. The van der Waals surface area contributed by atoms with Crippen molar-refractivity contribution in [3.63, 3.8) is 0 Å². The summed E-state index contributed by atoms with van der Waals surface area (Å²) in [7, 11) is 0.